The van der Waals surface area contributed by atoms with Gasteiger partial charge in [0.25, 0.3) is 0 Å². The van der Waals surface area contributed by atoms with Crippen LogP contribution in [0.3, 0.4) is 0 Å². The largest absolute Gasteiger partial charge is 0.389 e. The van der Waals surface area contributed by atoms with Gasteiger partial charge in [0.05, 0.1) is 17.4 Å². The van der Waals surface area contributed by atoms with Crippen LogP contribution >= 0.6 is 0 Å². The van der Waals surface area contributed by atoms with Crippen LogP contribution in [-0.2, 0) is 4.79 Å². The lowest BCUT2D eigenvalue weighted by atomic mass is 10.0. The molecule has 2 aromatic rings. The average molecular weight is 408 g/mol. The highest BCUT2D eigenvalue weighted by molar-refractivity contribution is 5.95. The Hall–Kier alpha value is -2.35. The molecule has 0 bridgehead atoms. The number of aryl methyl sites for hydroxylation is 2. The molecule has 0 saturated carbocycles. The van der Waals surface area contributed by atoms with E-state index in [-0.39, 0.29) is 24.9 Å². The van der Waals surface area contributed by atoms with Gasteiger partial charge < -0.3 is 5.32 Å². The van der Waals surface area contributed by atoms with Gasteiger partial charge in [0.15, 0.2) is 0 Å². The summed E-state index contributed by atoms with van der Waals surface area (Å²) >= 11 is 0. The van der Waals surface area contributed by atoms with Crippen molar-refractivity contribution in [1.29, 1.82) is 0 Å². The van der Waals surface area contributed by atoms with Gasteiger partial charge in [-0.2, -0.15) is 18.3 Å². The first-order chi connectivity index (χ1) is 13.7. The second kappa shape index (κ2) is 8.98. The van der Waals surface area contributed by atoms with Gasteiger partial charge in [-0.25, -0.2) is 4.68 Å². The van der Waals surface area contributed by atoms with Crippen molar-refractivity contribution in [3.05, 3.63) is 41.7 Å². The molecule has 3 rings (SSSR count). The molecular weight excluding hydrogens is 381 g/mol. The number of carbonyl (C=O) groups excluding carboxylic acids is 1. The number of piperidine rings is 1. The summed E-state index contributed by atoms with van der Waals surface area (Å²) in [6.07, 6.45) is -2.46. The first-order valence-electron chi connectivity index (χ1n) is 9.98. The average Bonchev–Trinajstić information content (AvgIpc) is 3.00. The Labute approximate surface area is 168 Å². The Morgan fingerprint density at radius 2 is 1.93 bits per heavy atom. The van der Waals surface area contributed by atoms with Crippen LogP contribution in [0, 0.1) is 13.8 Å². The molecular formula is C21H27F3N4O. The van der Waals surface area contributed by atoms with Crippen LogP contribution in [0.15, 0.2) is 30.3 Å². The summed E-state index contributed by atoms with van der Waals surface area (Å²) in [5.41, 5.74) is 3.53. The third-order valence-corrected chi connectivity index (χ3v) is 5.21. The number of halogens is 3. The molecule has 0 unspecified atom stereocenters. The number of nitrogens with one attached hydrogen (secondary N) is 1. The van der Waals surface area contributed by atoms with E-state index in [1.54, 1.807) is 0 Å². The van der Waals surface area contributed by atoms with Crippen molar-refractivity contribution in [2.45, 2.75) is 58.2 Å². The third kappa shape index (κ3) is 5.82. The van der Waals surface area contributed by atoms with E-state index in [4.69, 9.17) is 0 Å². The molecule has 1 amide bonds. The summed E-state index contributed by atoms with van der Waals surface area (Å²) < 4.78 is 39.1. The first kappa shape index (κ1) is 21.4. The van der Waals surface area contributed by atoms with Gasteiger partial charge in [0.1, 0.15) is 0 Å². The Kier molecular flexibility index (Phi) is 6.62. The van der Waals surface area contributed by atoms with E-state index in [9.17, 15) is 18.0 Å². The van der Waals surface area contributed by atoms with Crippen LogP contribution in [-0.4, -0.2) is 45.9 Å². The number of hydrogen-bond acceptors (Lipinski definition) is 3. The predicted molar refractivity (Wildman–Crippen MR) is 106 cm³/mol. The Balaban J connectivity index is 1.61. The number of carbonyl (C=O) groups is 1. The molecule has 1 atom stereocenters. The summed E-state index contributed by atoms with van der Waals surface area (Å²) in [6.45, 7) is 4.86. The molecule has 5 nitrogen and oxygen atoms in total. The minimum absolute atomic E-state index is 0.0185. The number of alkyl halides is 3. The number of aromatic nitrogens is 2. The summed E-state index contributed by atoms with van der Waals surface area (Å²) in [6, 6.07) is 9.02. The van der Waals surface area contributed by atoms with Crippen molar-refractivity contribution in [2.24, 2.45) is 0 Å². The van der Waals surface area contributed by atoms with E-state index in [1.807, 2.05) is 53.8 Å². The van der Waals surface area contributed by atoms with Crippen LogP contribution in [0.25, 0.3) is 5.69 Å². The minimum Gasteiger partial charge on any atom is -0.325 e. The van der Waals surface area contributed by atoms with Crippen LogP contribution in [0.2, 0.25) is 0 Å². The molecule has 29 heavy (non-hydrogen) atoms. The van der Waals surface area contributed by atoms with Gasteiger partial charge in [-0.3, -0.25) is 9.69 Å². The van der Waals surface area contributed by atoms with Gasteiger partial charge in [0, 0.05) is 17.8 Å². The summed E-state index contributed by atoms with van der Waals surface area (Å²) in [4.78, 5) is 14.6. The van der Waals surface area contributed by atoms with Gasteiger partial charge in [-0.15, -0.1) is 0 Å². The zero-order valence-corrected chi connectivity index (χ0v) is 16.8. The lowest BCUT2D eigenvalue weighted by Gasteiger charge is -2.34. The van der Waals surface area contributed by atoms with Crippen molar-refractivity contribution < 1.29 is 18.0 Å². The van der Waals surface area contributed by atoms with E-state index in [0.29, 0.717) is 18.7 Å². The molecule has 0 aliphatic carbocycles. The maximum atomic E-state index is 12.8. The highest BCUT2D eigenvalue weighted by atomic mass is 19.4. The van der Waals surface area contributed by atoms with Crippen molar-refractivity contribution in [2.75, 3.05) is 18.4 Å². The highest BCUT2D eigenvalue weighted by Crippen LogP contribution is 2.24. The maximum Gasteiger partial charge on any atom is 0.389 e. The smallest absolute Gasteiger partial charge is 0.325 e. The summed E-state index contributed by atoms with van der Waals surface area (Å²) in [7, 11) is 0. The number of rotatable bonds is 6. The van der Waals surface area contributed by atoms with Crippen molar-refractivity contribution >= 4 is 11.6 Å². The van der Waals surface area contributed by atoms with Crippen molar-refractivity contribution in [3.63, 3.8) is 0 Å². The van der Waals surface area contributed by atoms with Gasteiger partial charge in [-0.1, -0.05) is 6.42 Å². The second-order valence-corrected chi connectivity index (χ2v) is 7.64. The molecule has 1 saturated heterocycles. The molecule has 2 heterocycles. The van der Waals surface area contributed by atoms with Crippen molar-refractivity contribution in [1.82, 2.24) is 14.7 Å². The van der Waals surface area contributed by atoms with Gasteiger partial charge >= 0.3 is 6.18 Å². The zero-order chi connectivity index (χ0) is 21.0. The molecule has 158 valence electrons. The second-order valence-electron chi connectivity index (χ2n) is 7.64. The number of hydrogen-bond donors (Lipinski definition) is 1. The third-order valence-electron chi connectivity index (χ3n) is 5.21. The fourth-order valence-corrected chi connectivity index (χ4v) is 3.84. The summed E-state index contributed by atoms with van der Waals surface area (Å²) in [5.74, 6) is -0.157. The maximum absolute atomic E-state index is 12.8. The van der Waals surface area contributed by atoms with E-state index >= 15 is 0 Å². The number of likely N-dealkylation sites (tertiary alicyclic amines) is 1. The minimum atomic E-state index is -4.15. The van der Waals surface area contributed by atoms with Crippen molar-refractivity contribution in [3.8, 4) is 5.69 Å². The zero-order valence-electron chi connectivity index (χ0n) is 16.8. The SMILES string of the molecule is Cc1cc(C)n(-c2ccc(NC(=O)[C@@H]3CCCCN3CCCC(F)(F)F)cc2)n1. The molecule has 1 N–H and O–H groups in total. The Bertz CT molecular complexity index is 829. The van der Waals surface area contributed by atoms with E-state index in [2.05, 4.69) is 10.4 Å². The van der Waals surface area contributed by atoms with Crippen LogP contribution in [0.5, 0.6) is 0 Å². The first-order valence-corrected chi connectivity index (χ1v) is 9.98. The van der Waals surface area contributed by atoms with Gasteiger partial charge in [0.2, 0.25) is 5.91 Å². The fourth-order valence-electron chi connectivity index (χ4n) is 3.84. The number of amides is 1. The Morgan fingerprint density at radius 1 is 1.21 bits per heavy atom. The molecule has 0 spiro atoms. The number of benzene rings is 1. The van der Waals surface area contributed by atoms with E-state index < -0.39 is 12.6 Å². The topological polar surface area (TPSA) is 50.2 Å². The predicted octanol–water partition coefficient (Wildman–Crippen LogP) is 4.62. The van der Waals surface area contributed by atoms with Crippen LogP contribution in [0.4, 0.5) is 18.9 Å². The lowest BCUT2D eigenvalue weighted by molar-refractivity contribution is -0.137. The quantitative estimate of drug-likeness (QED) is 0.759. The molecule has 1 aromatic carbocycles. The highest BCUT2D eigenvalue weighted by Gasteiger charge is 2.31. The molecule has 1 aromatic heterocycles. The standard InChI is InChI=1S/C21H27F3N4O/c1-15-14-16(2)28(26-15)18-9-7-17(8-10-18)25-20(29)19-6-3-4-12-27(19)13-5-11-21(22,23)24/h7-10,14,19H,3-6,11-13H2,1-2H3,(H,25,29)/t19-/m0/s1. The number of anilines is 1. The summed E-state index contributed by atoms with van der Waals surface area (Å²) in [5, 5.41) is 7.36. The normalized spacial score (nSPS) is 18.0. The molecule has 1 aliphatic rings. The molecule has 1 fully saturated rings. The number of nitrogens with zero attached hydrogens (tertiary/aromatic N) is 3. The van der Waals surface area contributed by atoms with E-state index in [0.717, 1.165) is 29.9 Å². The fraction of sp³-hybridized carbons (Fsp3) is 0.524. The lowest BCUT2D eigenvalue weighted by Crippen LogP contribution is -2.47. The van der Waals surface area contributed by atoms with Gasteiger partial charge in [-0.05, 0) is 76.5 Å². The molecule has 8 heteroatoms. The van der Waals surface area contributed by atoms with Crippen LogP contribution < -0.4 is 5.32 Å². The van der Waals surface area contributed by atoms with E-state index in [1.165, 1.54) is 0 Å². The molecule has 1 aliphatic heterocycles. The Morgan fingerprint density at radius 3 is 2.55 bits per heavy atom. The monoisotopic (exact) mass is 408 g/mol. The van der Waals surface area contributed by atoms with Crippen LogP contribution in [0.1, 0.15) is 43.5 Å². The molecule has 0 radical (unpaired) electrons.